The maximum Gasteiger partial charge on any atom is 0.0931 e. The van der Waals surface area contributed by atoms with Crippen LogP contribution in [0.3, 0.4) is 0 Å². The summed E-state index contributed by atoms with van der Waals surface area (Å²) in [6.45, 7) is 1.66. The molecule has 108 valence electrons. The molecule has 1 unspecified atom stereocenters. The molecule has 0 spiro atoms. The van der Waals surface area contributed by atoms with E-state index in [1.807, 2.05) is 6.07 Å². The SMILES string of the molecule is CN(CCCc1ccccc1)C(CN)c1ccc(Cl)s1. The summed E-state index contributed by atoms with van der Waals surface area (Å²) in [4.78, 5) is 3.57. The van der Waals surface area contributed by atoms with E-state index in [0.29, 0.717) is 6.54 Å². The van der Waals surface area contributed by atoms with Crippen LogP contribution in [0.2, 0.25) is 4.34 Å². The molecular formula is C16H21ClN2S. The van der Waals surface area contributed by atoms with Gasteiger partial charge in [-0.05, 0) is 44.1 Å². The number of nitrogens with two attached hydrogens (primary N) is 1. The highest BCUT2D eigenvalue weighted by molar-refractivity contribution is 7.16. The Balaban J connectivity index is 1.85. The third-order valence-electron chi connectivity index (χ3n) is 3.50. The Morgan fingerprint density at radius 2 is 1.95 bits per heavy atom. The number of hydrogen-bond acceptors (Lipinski definition) is 3. The van der Waals surface area contributed by atoms with Crippen LogP contribution in [0.5, 0.6) is 0 Å². The zero-order valence-electron chi connectivity index (χ0n) is 11.8. The normalized spacial score (nSPS) is 12.8. The van der Waals surface area contributed by atoms with Gasteiger partial charge in [-0.3, -0.25) is 4.90 Å². The van der Waals surface area contributed by atoms with Crippen molar-refractivity contribution < 1.29 is 0 Å². The molecule has 0 radical (unpaired) electrons. The largest absolute Gasteiger partial charge is 0.329 e. The van der Waals surface area contributed by atoms with Crippen molar-refractivity contribution in [3.8, 4) is 0 Å². The van der Waals surface area contributed by atoms with Gasteiger partial charge in [-0.1, -0.05) is 41.9 Å². The molecule has 0 saturated carbocycles. The van der Waals surface area contributed by atoms with Gasteiger partial charge in [0.2, 0.25) is 0 Å². The molecule has 0 bridgehead atoms. The van der Waals surface area contributed by atoms with E-state index in [4.69, 9.17) is 17.3 Å². The van der Waals surface area contributed by atoms with Gasteiger partial charge in [0.1, 0.15) is 0 Å². The standard InChI is InChI=1S/C16H21ClN2S/c1-19(11-5-8-13-6-3-2-4-7-13)14(12-18)15-9-10-16(17)20-15/h2-4,6-7,9-10,14H,5,8,11-12,18H2,1H3. The highest BCUT2D eigenvalue weighted by atomic mass is 35.5. The molecule has 1 aromatic carbocycles. The minimum absolute atomic E-state index is 0.267. The molecule has 2 nitrogen and oxygen atoms in total. The van der Waals surface area contributed by atoms with Crippen molar-refractivity contribution in [3.63, 3.8) is 0 Å². The van der Waals surface area contributed by atoms with Crippen molar-refractivity contribution in [2.45, 2.75) is 18.9 Å². The first-order valence-electron chi connectivity index (χ1n) is 6.90. The Morgan fingerprint density at radius 1 is 1.20 bits per heavy atom. The van der Waals surface area contributed by atoms with Crippen LogP contribution in [0, 0.1) is 0 Å². The van der Waals surface area contributed by atoms with Crippen LogP contribution in [-0.2, 0) is 6.42 Å². The molecule has 0 amide bonds. The van der Waals surface area contributed by atoms with E-state index in [1.165, 1.54) is 10.4 Å². The van der Waals surface area contributed by atoms with Crippen molar-refractivity contribution in [2.24, 2.45) is 5.73 Å². The molecule has 1 aromatic heterocycles. The molecule has 20 heavy (non-hydrogen) atoms. The molecular weight excluding hydrogens is 288 g/mol. The van der Waals surface area contributed by atoms with Crippen molar-refractivity contribution >= 4 is 22.9 Å². The lowest BCUT2D eigenvalue weighted by molar-refractivity contribution is 0.250. The summed E-state index contributed by atoms with van der Waals surface area (Å²) in [7, 11) is 2.14. The Labute approximate surface area is 130 Å². The first-order valence-corrected chi connectivity index (χ1v) is 8.09. The fourth-order valence-corrected chi connectivity index (χ4v) is 3.59. The zero-order chi connectivity index (χ0) is 14.4. The summed E-state index contributed by atoms with van der Waals surface area (Å²) in [5.41, 5.74) is 7.31. The molecule has 0 aliphatic rings. The third-order valence-corrected chi connectivity index (χ3v) is 4.83. The molecule has 2 aromatic rings. The van der Waals surface area contributed by atoms with E-state index in [9.17, 15) is 0 Å². The maximum atomic E-state index is 6.01. The molecule has 1 heterocycles. The summed E-state index contributed by atoms with van der Waals surface area (Å²) in [6, 6.07) is 14.9. The van der Waals surface area contributed by atoms with E-state index in [-0.39, 0.29) is 6.04 Å². The second-order valence-electron chi connectivity index (χ2n) is 4.96. The minimum atomic E-state index is 0.267. The van der Waals surface area contributed by atoms with Crippen molar-refractivity contribution in [1.29, 1.82) is 0 Å². The van der Waals surface area contributed by atoms with Gasteiger partial charge in [0.25, 0.3) is 0 Å². The van der Waals surface area contributed by atoms with Crippen LogP contribution in [0.1, 0.15) is 22.9 Å². The molecule has 1 atom stereocenters. The predicted octanol–water partition coefficient (Wildman–Crippen LogP) is 3.97. The Hall–Kier alpha value is -0.870. The number of benzene rings is 1. The third kappa shape index (κ3) is 4.32. The summed E-state index contributed by atoms with van der Waals surface area (Å²) in [5.74, 6) is 0. The van der Waals surface area contributed by atoms with E-state index >= 15 is 0 Å². The van der Waals surface area contributed by atoms with E-state index in [1.54, 1.807) is 11.3 Å². The average molecular weight is 309 g/mol. The quantitative estimate of drug-likeness (QED) is 0.838. The van der Waals surface area contributed by atoms with Crippen LogP contribution in [0.25, 0.3) is 0 Å². The Bertz CT molecular complexity index is 512. The molecule has 0 saturated heterocycles. The lowest BCUT2D eigenvalue weighted by Gasteiger charge is -2.26. The topological polar surface area (TPSA) is 29.3 Å². The first kappa shape index (κ1) is 15.5. The molecule has 2 N–H and O–H groups in total. The van der Waals surface area contributed by atoms with Gasteiger partial charge in [-0.25, -0.2) is 0 Å². The number of rotatable bonds is 7. The van der Waals surface area contributed by atoms with Gasteiger partial charge in [0.15, 0.2) is 0 Å². The maximum absolute atomic E-state index is 6.01. The zero-order valence-corrected chi connectivity index (χ0v) is 13.3. The Kier molecular flexibility index (Phi) is 6.05. The second kappa shape index (κ2) is 7.79. The van der Waals surface area contributed by atoms with Crippen LogP contribution < -0.4 is 5.73 Å². The highest BCUT2D eigenvalue weighted by Gasteiger charge is 2.16. The molecule has 0 aliphatic carbocycles. The fraction of sp³-hybridized carbons (Fsp3) is 0.375. The van der Waals surface area contributed by atoms with Crippen molar-refractivity contribution in [1.82, 2.24) is 4.90 Å². The molecule has 0 fully saturated rings. The first-order chi connectivity index (χ1) is 9.70. The van der Waals surface area contributed by atoms with Crippen LogP contribution in [0.15, 0.2) is 42.5 Å². The summed E-state index contributed by atoms with van der Waals surface area (Å²) >= 11 is 7.63. The van der Waals surface area contributed by atoms with Crippen LogP contribution in [0.4, 0.5) is 0 Å². The number of thiophene rings is 1. The number of likely N-dealkylation sites (N-methyl/N-ethyl adjacent to an activating group) is 1. The highest BCUT2D eigenvalue weighted by Crippen LogP contribution is 2.29. The Morgan fingerprint density at radius 3 is 2.55 bits per heavy atom. The number of nitrogens with zero attached hydrogens (tertiary/aromatic N) is 1. The van der Waals surface area contributed by atoms with Crippen LogP contribution >= 0.6 is 22.9 Å². The smallest absolute Gasteiger partial charge is 0.0931 e. The molecule has 2 rings (SSSR count). The van der Waals surface area contributed by atoms with E-state index < -0.39 is 0 Å². The monoisotopic (exact) mass is 308 g/mol. The van der Waals surface area contributed by atoms with Gasteiger partial charge in [-0.2, -0.15) is 0 Å². The minimum Gasteiger partial charge on any atom is -0.329 e. The van der Waals surface area contributed by atoms with Crippen LogP contribution in [-0.4, -0.2) is 25.0 Å². The second-order valence-corrected chi connectivity index (χ2v) is 6.71. The fourth-order valence-electron chi connectivity index (χ4n) is 2.35. The lowest BCUT2D eigenvalue weighted by Crippen LogP contribution is -2.30. The molecule has 0 aliphatic heterocycles. The van der Waals surface area contributed by atoms with Gasteiger partial charge in [-0.15, -0.1) is 11.3 Å². The van der Waals surface area contributed by atoms with Crippen molar-refractivity contribution in [2.75, 3.05) is 20.1 Å². The van der Waals surface area contributed by atoms with Gasteiger partial charge in [0, 0.05) is 11.4 Å². The number of halogens is 1. The summed E-state index contributed by atoms with van der Waals surface area (Å²) < 4.78 is 0.830. The van der Waals surface area contributed by atoms with Gasteiger partial charge < -0.3 is 5.73 Å². The summed E-state index contributed by atoms with van der Waals surface area (Å²) in [5, 5.41) is 0. The van der Waals surface area contributed by atoms with E-state index in [0.717, 1.165) is 23.7 Å². The predicted molar refractivity (Wildman–Crippen MR) is 88.5 cm³/mol. The number of aryl methyl sites for hydroxylation is 1. The van der Waals surface area contributed by atoms with Gasteiger partial charge in [0.05, 0.1) is 10.4 Å². The average Bonchev–Trinajstić information content (AvgIpc) is 2.87. The van der Waals surface area contributed by atoms with Gasteiger partial charge >= 0.3 is 0 Å². The number of hydrogen-bond donors (Lipinski definition) is 1. The van der Waals surface area contributed by atoms with Crippen molar-refractivity contribution in [3.05, 3.63) is 57.2 Å². The molecule has 4 heteroatoms. The van der Waals surface area contributed by atoms with E-state index in [2.05, 4.69) is 48.3 Å². The lowest BCUT2D eigenvalue weighted by atomic mass is 10.1. The summed E-state index contributed by atoms with van der Waals surface area (Å²) in [6.07, 6.45) is 2.24.